The van der Waals surface area contributed by atoms with E-state index in [1.54, 1.807) is 18.2 Å². The third-order valence-corrected chi connectivity index (χ3v) is 3.92. The van der Waals surface area contributed by atoms with Gasteiger partial charge in [-0.3, -0.25) is 4.79 Å². The molecule has 2 aliphatic rings. The van der Waals surface area contributed by atoms with E-state index >= 15 is 0 Å². The van der Waals surface area contributed by atoms with Crippen LogP contribution in [0.15, 0.2) is 18.2 Å². The summed E-state index contributed by atoms with van der Waals surface area (Å²) in [7, 11) is 1.52. The van der Waals surface area contributed by atoms with Crippen LogP contribution in [0.5, 0.6) is 5.75 Å². The molecule has 2 bridgehead atoms. The Kier molecular flexibility index (Phi) is 3.06. The van der Waals surface area contributed by atoms with Crippen molar-refractivity contribution in [2.75, 3.05) is 12.8 Å². The van der Waals surface area contributed by atoms with Gasteiger partial charge >= 0.3 is 0 Å². The molecule has 5 heteroatoms. The highest BCUT2D eigenvalue weighted by atomic mass is 16.5. The van der Waals surface area contributed by atoms with Crippen LogP contribution in [0, 0.1) is 0 Å². The molecule has 1 aromatic carbocycles. The maximum atomic E-state index is 12.3. The predicted octanol–water partition coefficient (Wildman–Crippen LogP) is 1.33. The number of amides is 1. The number of nitrogen functional groups attached to an aromatic ring is 1. The number of carbonyl (C=O) groups is 1. The molecule has 2 saturated heterocycles. The number of hydrogen-bond acceptors (Lipinski definition) is 4. The van der Waals surface area contributed by atoms with E-state index < -0.39 is 0 Å². The van der Waals surface area contributed by atoms with E-state index in [0.29, 0.717) is 23.1 Å². The zero-order valence-corrected chi connectivity index (χ0v) is 10.9. The molecule has 3 N–H and O–H groups in total. The molecule has 2 heterocycles. The van der Waals surface area contributed by atoms with Gasteiger partial charge in [0.2, 0.25) is 0 Å². The van der Waals surface area contributed by atoms with Crippen LogP contribution in [0.4, 0.5) is 5.69 Å². The number of para-hydroxylation sites is 1. The van der Waals surface area contributed by atoms with E-state index in [0.717, 1.165) is 19.3 Å². The van der Waals surface area contributed by atoms with E-state index in [-0.39, 0.29) is 18.1 Å². The van der Waals surface area contributed by atoms with Gasteiger partial charge in [-0.1, -0.05) is 6.07 Å². The molecule has 0 aromatic heterocycles. The SMILES string of the molecule is COc1c(N)cccc1C(=O)NC1CC2CCC1O2. The van der Waals surface area contributed by atoms with Crippen LogP contribution in [0.25, 0.3) is 0 Å². The molecule has 3 rings (SSSR count). The number of ether oxygens (including phenoxy) is 2. The maximum absolute atomic E-state index is 12.3. The van der Waals surface area contributed by atoms with E-state index in [1.165, 1.54) is 7.11 Å². The van der Waals surface area contributed by atoms with Crippen molar-refractivity contribution in [3.05, 3.63) is 23.8 Å². The van der Waals surface area contributed by atoms with Crippen LogP contribution in [-0.4, -0.2) is 31.3 Å². The molecular weight excluding hydrogens is 244 g/mol. The summed E-state index contributed by atoms with van der Waals surface area (Å²) >= 11 is 0. The molecule has 2 fully saturated rings. The minimum absolute atomic E-state index is 0.109. The lowest BCUT2D eigenvalue weighted by Crippen LogP contribution is -2.41. The van der Waals surface area contributed by atoms with Gasteiger partial charge in [-0.05, 0) is 31.4 Å². The normalized spacial score (nSPS) is 28.4. The van der Waals surface area contributed by atoms with Gasteiger partial charge < -0.3 is 20.5 Å². The van der Waals surface area contributed by atoms with Crippen LogP contribution in [0.1, 0.15) is 29.6 Å². The second kappa shape index (κ2) is 4.74. The summed E-state index contributed by atoms with van der Waals surface area (Å²) in [5, 5.41) is 3.03. The van der Waals surface area contributed by atoms with Crippen molar-refractivity contribution in [1.29, 1.82) is 0 Å². The van der Waals surface area contributed by atoms with Crippen molar-refractivity contribution in [3.63, 3.8) is 0 Å². The zero-order valence-electron chi connectivity index (χ0n) is 10.9. The van der Waals surface area contributed by atoms with Gasteiger partial charge in [-0.25, -0.2) is 0 Å². The highest BCUT2D eigenvalue weighted by Crippen LogP contribution is 2.35. The highest BCUT2D eigenvalue weighted by Gasteiger charge is 2.41. The lowest BCUT2D eigenvalue weighted by Gasteiger charge is -2.20. The number of rotatable bonds is 3. The average molecular weight is 262 g/mol. The van der Waals surface area contributed by atoms with Crippen molar-refractivity contribution in [2.24, 2.45) is 0 Å². The Morgan fingerprint density at radius 3 is 2.95 bits per heavy atom. The van der Waals surface area contributed by atoms with Crippen molar-refractivity contribution in [3.8, 4) is 5.75 Å². The summed E-state index contributed by atoms with van der Waals surface area (Å²) in [6, 6.07) is 5.30. The maximum Gasteiger partial charge on any atom is 0.255 e. The summed E-state index contributed by atoms with van der Waals surface area (Å²) in [5.74, 6) is 0.286. The fraction of sp³-hybridized carbons (Fsp3) is 0.500. The van der Waals surface area contributed by atoms with Gasteiger partial charge in [0.15, 0.2) is 5.75 Å². The van der Waals surface area contributed by atoms with Crippen LogP contribution in [0.2, 0.25) is 0 Å². The van der Waals surface area contributed by atoms with Gasteiger partial charge in [0.25, 0.3) is 5.91 Å². The molecule has 0 aliphatic carbocycles. The van der Waals surface area contributed by atoms with Crippen LogP contribution >= 0.6 is 0 Å². The fourth-order valence-corrected chi connectivity index (χ4v) is 3.00. The topological polar surface area (TPSA) is 73.6 Å². The molecule has 0 spiro atoms. The van der Waals surface area contributed by atoms with Crippen molar-refractivity contribution < 1.29 is 14.3 Å². The van der Waals surface area contributed by atoms with Crippen LogP contribution < -0.4 is 15.8 Å². The summed E-state index contributed by atoms with van der Waals surface area (Å²) < 4.78 is 10.9. The minimum Gasteiger partial charge on any atom is -0.494 e. The first kappa shape index (κ1) is 12.3. The number of carbonyl (C=O) groups excluding carboxylic acids is 1. The lowest BCUT2D eigenvalue weighted by atomic mass is 9.95. The average Bonchev–Trinajstić information content (AvgIpc) is 3.00. The number of fused-ring (bicyclic) bond motifs is 2. The number of nitrogens with one attached hydrogen (secondary N) is 1. The largest absolute Gasteiger partial charge is 0.494 e. The van der Waals surface area contributed by atoms with Gasteiger partial charge in [-0.2, -0.15) is 0 Å². The van der Waals surface area contributed by atoms with Gasteiger partial charge in [0, 0.05) is 0 Å². The Morgan fingerprint density at radius 1 is 1.47 bits per heavy atom. The summed E-state index contributed by atoms with van der Waals surface area (Å²) in [5.41, 5.74) is 6.76. The Morgan fingerprint density at radius 2 is 2.32 bits per heavy atom. The molecular formula is C14H18N2O3. The molecule has 102 valence electrons. The van der Waals surface area contributed by atoms with Crippen LogP contribution in [0.3, 0.4) is 0 Å². The van der Waals surface area contributed by atoms with Gasteiger partial charge in [0.1, 0.15) is 0 Å². The standard InChI is InChI=1S/C14H18N2O3/c1-18-13-9(3-2-4-10(13)15)14(17)16-11-7-8-5-6-12(11)19-8/h2-4,8,11-12H,5-7,15H2,1H3,(H,16,17). The number of benzene rings is 1. The number of hydrogen-bond donors (Lipinski definition) is 2. The summed E-state index contributed by atoms with van der Waals surface area (Å²) in [6.45, 7) is 0. The van der Waals surface area contributed by atoms with E-state index in [4.69, 9.17) is 15.2 Å². The molecule has 0 saturated carbocycles. The Hall–Kier alpha value is -1.75. The first-order chi connectivity index (χ1) is 9.19. The summed E-state index contributed by atoms with van der Waals surface area (Å²) in [6.07, 6.45) is 3.53. The highest BCUT2D eigenvalue weighted by molar-refractivity contribution is 5.98. The second-order valence-electron chi connectivity index (χ2n) is 5.12. The van der Waals surface area contributed by atoms with Crippen LogP contribution in [-0.2, 0) is 4.74 Å². The molecule has 0 radical (unpaired) electrons. The summed E-state index contributed by atoms with van der Waals surface area (Å²) in [4.78, 5) is 12.3. The lowest BCUT2D eigenvalue weighted by molar-refractivity contribution is 0.0839. The molecule has 2 aliphatic heterocycles. The Balaban J connectivity index is 1.76. The number of nitrogens with two attached hydrogens (primary N) is 1. The Bertz CT molecular complexity index is 503. The molecule has 19 heavy (non-hydrogen) atoms. The van der Waals surface area contributed by atoms with Gasteiger partial charge in [0.05, 0.1) is 36.6 Å². The zero-order chi connectivity index (χ0) is 13.4. The molecule has 3 unspecified atom stereocenters. The third kappa shape index (κ3) is 2.14. The quantitative estimate of drug-likeness (QED) is 0.806. The minimum atomic E-state index is -0.148. The predicted molar refractivity (Wildman–Crippen MR) is 71.2 cm³/mol. The first-order valence-corrected chi connectivity index (χ1v) is 6.58. The van der Waals surface area contributed by atoms with E-state index in [9.17, 15) is 4.79 Å². The number of anilines is 1. The first-order valence-electron chi connectivity index (χ1n) is 6.58. The smallest absolute Gasteiger partial charge is 0.255 e. The molecule has 1 amide bonds. The third-order valence-electron chi connectivity index (χ3n) is 3.92. The van der Waals surface area contributed by atoms with Crippen molar-refractivity contribution >= 4 is 11.6 Å². The fourth-order valence-electron chi connectivity index (χ4n) is 3.00. The molecule has 1 aromatic rings. The molecule has 3 atom stereocenters. The van der Waals surface area contributed by atoms with E-state index in [2.05, 4.69) is 5.32 Å². The van der Waals surface area contributed by atoms with Gasteiger partial charge in [-0.15, -0.1) is 0 Å². The number of methoxy groups -OCH3 is 1. The van der Waals surface area contributed by atoms with Crippen molar-refractivity contribution in [2.45, 2.75) is 37.5 Å². The van der Waals surface area contributed by atoms with E-state index in [1.807, 2.05) is 0 Å². The molecule has 5 nitrogen and oxygen atoms in total. The van der Waals surface area contributed by atoms with Crippen molar-refractivity contribution in [1.82, 2.24) is 5.32 Å². The Labute approximate surface area is 112 Å². The monoisotopic (exact) mass is 262 g/mol. The second-order valence-corrected chi connectivity index (χ2v) is 5.12.